The third-order valence-electron chi connectivity index (χ3n) is 6.22. The van der Waals surface area contributed by atoms with Crippen molar-refractivity contribution in [2.45, 2.75) is 27.2 Å². The Balaban J connectivity index is 1.37. The topological polar surface area (TPSA) is 125 Å². The number of halogens is 1. The van der Waals surface area contributed by atoms with Gasteiger partial charge < -0.3 is 10.3 Å². The van der Waals surface area contributed by atoms with Gasteiger partial charge in [-0.15, -0.1) is 0 Å². The van der Waals surface area contributed by atoms with E-state index in [9.17, 15) is 9.18 Å². The lowest BCUT2D eigenvalue weighted by Gasteiger charge is -2.17. The molecule has 0 spiro atoms. The molecule has 0 aliphatic carbocycles. The van der Waals surface area contributed by atoms with Gasteiger partial charge in [0.15, 0.2) is 11.5 Å². The number of hydrogen-bond acceptors (Lipinski definition) is 6. The second-order valence-electron chi connectivity index (χ2n) is 10.6. The standard InChI is InChI=1S/C29H25FN8O/c1-29(2,3)10-24(39)34-20-8-17(11-31-13-20)18-9-21-26(37-38-27(21)33-12-18)28-35-23-15-32-14-22(25(23)36-28)16-5-4-6-19(30)7-16/h4-9,11-15H,10H2,1-3H3,(H,34,39)(H,35,36)(H,33,37,38). The van der Waals surface area contributed by atoms with Gasteiger partial charge in [-0.2, -0.15) is 5.10 Å². The number of hydrogen-bond donors (Lipinski definition) is 3. The average Bonchev–Trinajstić information content (AvgIpc) is 3.51. The maximum atomic E-state index is 13.9. The smallest absolute Gasteiger partial charge is 0.224 e. The van der Waals surface area contributed by atoms with E-state index >= 15 is 0 Å². The van der Waals surface area contributed by atoms with E-state index in [0.717, 1.165) is 16.5 Å². The van der Waals surface area contributed by atoms with Crippen LogP contribution in [0.5, 0.6) is 0 Å². The number of nitrogens with zero attached hydrogens (tertiary/aromatic N) is 5. The fraction of sp³-hybridized carbons (Fsp3) is 0.172. The molecule has 0 saturated heterocycles. The van der Waals surface area contributed by atoms with E-state index in [1.807, 2.05) is 39.0 Å². The summed E-state index contributed by atoms with van der Waals surface area (Å²) in [5.74, 6) is 0.135. The number of H-pyrrole nitrogens is 2. The molecule has 5 heterocycles. The quantitative estimate of drug-likeness (QED) is 0.251. The van der Waals surface area contributed by atoms with E-state index < -0.39 is 0 Å². The number of fused-ring (bicyclic) bond motifs is 2. The van der Waals surface area contributed by atoms with Gasteiger partial charge in [0, 0.05) is 41.7 Å². The Hall–Kier alpha value is -4.99. The summed E-state index contributed by atoms with van der Waals surface area (Å²) < 4.78 is 13.9. The summed E-state index contributed by atoms with van der Waals surface area (Å²) in [6.45, 7) is 6.06. The van der Waals surface area contributed by atoms with Crippen LogP contribution in [0, 0.1) is 11.2 Å². The first-order valence-corrected chi connectivity index (χ1v) is 12.4. The van der Waals surface area contributed by atoms with E-state index in [-0.39, 0.29) is 17.1 Å². The van der Waals surface area contributed by atoms with Gasteiger partial charge in [0.1, 0.15) is 11.5 Å². The number of nitrogens with one attached hydrogen (secondary N) is 3. The normalized spacial score (nSPS) is 11.8. The monoisotopic (exact) mass is 520 g/mol. The van der Waals surface area contributed by atoms with Crippen molar-refractivity contribution in [1.29, 1.82) is 0 Å². The molecule has 0 bridgehead atoms. The zero-order valence-electron chi connectivity index (χ0n) is 21.6. The van der Waals surface area contributed by atoms with Crippen molar-refractivity contribution in [2.24, 2.45) is 5.41 Å². The molecular formula is C29H25FN8O. The van der Waals surface area contributed by atoms with Crippen LogP contribution in [-0.2, 0) is 4.79 Å². The molecule has 0 aliphatic rings. The Morgan fingerprint density at radius 2 is 1.79 bits per heavy atom. The zero-order valence-corrected chi connectivity index (χ0v) is 21.6. The summed E-state index contributed by atoms with van der Waals surface area (Å²) in [5.41, 5.74) is 6.05. The summed E-state index contributed by atoms with van der Waals surface area (Å²) in [7, 11) is 0. The lowest BCUT2D eigenvalue weighted by atomic mass is 9.92. The highest BCUT2D eigenvalue weighted by Gasteiger charge is 2.18. The minimum atomic E-state index is -0.329. The van der Waals surface area contributed by atoms with Gasteiger partial charge in [0.05, 0.1) is 34.5 Å². The van der Waals surface area contributed by atoms with Gasteiger partial charge >= 0.3 is 0 Å². The first-order valence-electron chi connectivity index (χ1n) is 12.4. The number of carbonyl (C=O) groups is 1. The first kappa shape index (κ1) is 24.4. The summed E-state index contributed by atoms with van der Waals surface area (Å²) in [4.78, 5) is 33.7. The molecule has 39 heavy (non-hydrogen) atoms. The minimum Gasteiger partial charge on any atom is -0.335 e. The molecule has 10 heteroatoms. The molecule has 0 aliphatic heterocycles. The summed E-state index contributed by atoms with van der Waals surface area (Å²) >= 11 is 0. The number of aromatic amines is 2. The highest BCUT2D eigenvalue weighted by Crippen LogP contribution is 2.32. The molecule has 6 rings (SSSR count). The van der Waals surface area contributed by atoms with E-state index in [0.29, 0.717) is 51.4 Å². The molecule has 0 saturated carbocycles. The van der Waals surface area contributed by atoms with E-state index in [4.69, 9.17) is 4.98 Å². The molecule has 0 radical (unpaired) electrons. The maximum Gasteiger partial charge on any atom is 0.224 e. The molecule has 6 aromatic rings. The first-order chi connectivity index (χ1) is 18.7. The number of pyridine rings is 3. The van der Waals surface area contributed by atoms with Crippen molar-refractivity contribution < 1.29 is 9.18 Å². The van der Waals surface area contributed by atoms with Crippen molar-refractivity contribution in [3.05, 3.63) is 73.2 Å². The number of aromatic nitrogens is 7. The minimum absolute atomic E-state index is 0.0656. The molecule has 0 atom stereocenters. The van der Waals surface area contributed by atoms with Crippen molar-refractivity contribution in [3.63, 3.8) is 0 Å². The average molecular weight is 521 g/mol. The fourth-order valence-electron chi connectivity index (χ4n) is 4.51. The van der Waals surface area contributed by atoms with E-state index in [2.05, 4.69) is 35.5 Å². The van der Waals surface area contributed by atoms with Crippen molar-refractivity contribution in [2.75, 3.05) is 5.32 Å². The number of amides is 1. The van der Waals surface area contributed by atoms with Crippen molar-refractivity contribution in [1.82, 2.24) is 35.1 Å². The summed E-state index contributed by atoms with van der Waals surface area (Å²) in [6, 6.07) is 10.2. The lowest BCUT2D eigenvalue weighted by Crippen LogP contribution is -2.19. The van der Waals surface area contributed by atoms with Crippen LogP contribution in [0.3, 0.4) is 0 Å². The molecule has 1 amide bonds. The van der Waals surface area contributed by atoms with Crippen LogP contribution in [0.15, 0.2) is 67.4 Å². The van der Waals surface area contributed by atoms with Crippen LogP contribution in [0.25, 0.3) is 55.8 Å². The van der Waals surface area contributed by atoms with Crippen molar-refractivity contribution in [3.8, 4) is 33.8 Å². The summed E-state index contributed by atoms with van der Waals surface area (Å²) in [5, 5.41) is 11.1. The Labute approximate surface area is 223 Å². The summed E-state index contributed by atoms with van der Waals surface area (Å²) in [6.07, 6.45) is 8.82. The molecule has 9 nitrogen and oxygen atoms in total. The highest BCUT2D eigenvalue weighted by atomic mass is 19.1. The zero-order chi connectivity index (χ0) is 27.1. The number of benzene rings is 1. The lowest BCUT2D eigenvalue weighted by molar-refractivity contribution is -0.117. The van der Waals surface area contributed by atoms with Crippen molar-refractivity contribution >= 4 is 33.7 Å². The predicted molar refractivity (Wildman–Crippen MR) is 148 cm³/mol. The Bertz CT molecular complexity index is 1850. The maximum absolute atomic E-state index is 13.9. The van der Waals surface area contributed by atoms with Crippen LogP contribution < -0.4 is 5.32 Å². The number of imidazole rings is 1. The van der Waals surface area contributed by atoms with Gasteiger partial charge in [0.25, 0.3) is 0 Å². The van der Waals surface area contributed by atoms with Crippen LogP contribution in [0.2, 0.25) is 0 Å². The molecule has 194 valence electrons. The predicted octanol–water partition coefficient (Wildman–Crippen LogP) is 6.14. The largest absolute Gasteiger partial charge is 0.335 e. The van der Waals surface area contributed by atoms with E-state index in [1.165, 1.54) is 12.1 Å². The van der Waals surface area contributed by atoms with Gasteiger partial charge in [-0.3, -0.25) is 19.9 Å². The molecule has 1 aromatic carbocycles. The number of carbonyl (C=O) groups excluding carboxylic acids is 1. The third-order valence-corrected chi connectivity index (χ3v) is 6.22. The third kappa shape index (κ3) is 4.96. The second-order valence-corrected chi connectivity index (χ2v) is 10.6. The van der Waals surface area contributed by atoms with Gasteiger partial charge in [-0.05, 0) is 35.2 Å². The van der Waals surface area contributed by atoms with Crippen LogP contribution >= 0.6 is 0 Å². The van der Waals surface area contributed by atoms with Crippen LogP contribution in [0.4, 0.5) is 10.1 Å². The number of rotatable bonds is 5. The molecule has 3 N–H and O–H groups in total. The highest BCUT2D eigenvalue weighted by molar-refractivity contribution is 5.97. The van der Waals surface area contributed by atoms with Crippen LogP contribution in [0.1, 0.15) is 27.2 Å². The van der Waals surface area contributed by atoms with Crippen LogP contribution in [-0.4, -0.2) is 41.0 Å². The Morgan fingerprint density at radius 1 is 0.974 bits per heavy atom. The van der Waals surface area contributed by atoms with E-state index in [1.54, 1.807) is 37.1 Å². The second kappa shape index (κ2) is 9.39. The number of anilines is 1. The molecule has 5 aromatic heterocycles. The molecule has 0 unspecified atom stereocenters. The van der Waals surface area contributed by atoms with Gasteiger partial charge in [-0.25, -0.2) is 14.4 Å². The molecular weight excluding hydrogens is 495 g/mol. The Morgan fingerprint density at radius 3 is 2.62 bits per heavy atom. The molecule has 0 fully saturated rings. The fourth-order valence-corrected chi connectivity index (χ4v) is 4.51. The van der Waals surface area contributed by atoms with Gasteiger partial charge in [0.2, 0.25) is 5.91 Å². The Kier molecular flexibility index (Phi) is 5.86. The SMILES string of the molecule is CC(C)(C)CC(=O)Nc1cncc(-c2cnc3[nH]nc(-c4nc5c(-c6cccc(F)c6)cncc5[nH]4)c3c2)c1. The van der Waals surface area contributed by atoms with Gasteiger partial charge in [-0.1, -0.05) is 32.9 Å².